The van der Waals surface area contributed by atoms with E-state index in [0.717, 1.165) is 12.8 Å². The van der Waals surface area contributed by atoms with Gasteiger partial charge in [-0.15, -0.1) is 0 Å². The molecule has 326 valence electrons. The van der Waals surface area contributed by atoms with Gasteiger partial charge in [-0.25, -0.2) is 0 Å². The van der Waals surface area contributed by atoms with Crippen LogP contribution in [0.1, 0.15) is 147 Å². The number of aliphatic hydroxyl groups is 2. The topological polar surface area (TPSA) is 141 Å². The Hall–Kier alpha value is -1.73. The van der Waals surface area contributed by atoms with E-state index >= 15 is 0 Å². The van der Waals surface area contributed by atoms with Crippen LogP contribution in [0, 0.1) is 41.4 Å². The number of carbonyl (C=O) groups excluding carboxylic acids is 3. The van der Waals surface area contributed by atoms with E-state index in [4.69, 9.17) is 23.7 Å². The van der Waals surface area contributed by atoms with E-state index in [9.17, 15) is 24.6 Å². The van der Waals surface area contributed by atoms with E-state index in [1.807, 2.05) is 67.2 Å². The molecule has 17 atom stereocenters. The molecule has 11 nitrogen and oxygen atoms in total. The number of rotatable bonds is 14. The molecule has 0 aromatic heterocycles. The molecule has 4 fully saturated rings. The predicted molar refractivity (Wildman–Crippen MR) is 218 cm³/mol. The minimum atomic E-state index is -1.56. The van der Waals surface area contributed by atoms with E-state index in [2.05, 4.69) is 20.8 Å². The predicted octanol–water partition coefficient (Wildman–Crippen LogP) is 7.18. The molecule has 0 aliphatic carbocycles. The van der Waals surface area contributed by atoms with Crippen LogP contribution in [-0.2, 0) is 38.1 Å². The Morgan fingerprint density at radius 2 is 1.54 bits per heavy atom. The van der Waals surface area contributed by atoms with E-state index in [0.29, 0.717) is 64.5 Å². The molecule has 1 amide bonds. The number of carbonyl (C=O) groups is 3. The molecule has 5 aliphatic heterocycles. The summed E-state index contributed by atoms with van der Waals surface area (Å²) in [6.45, 7) is 25.2. The van der Waals surface area contributed by atoms with Crippen LogP contribution < -0.4 is 0 Å². The van der Waals surface area contributed by atoms with Crippen molar-refractivity contribution in [3.8, 4) is 0 Å². The third-order valence-electron chi connectivity index (χ3n) is 15.4. The third kappa shape index (κ3) is 8.74. The minimum absolute atomic E-state index is 0.00727. The van der Waals surface area contributed by atoms with Crippen molar-refractivity contribution in [3.05, 3.63) is 12.2 Å². The Bertz CT molecular complexity index is 1450. The Morgan fingerprint density at radius 1 is 0.877 bits per heavy atom. The van der Waals surface area contributed by atoms with Gasteiger partial charge in [0.2, 0.25) is 17.5 Å². The number of nitrogens with zero attached hydrogens (tertiary/aromatic N) is 1. The van der Waals surface area contributed by atoms with E-state index in [1.54, 1.807) is 6.08 Å². The molecule has 5 aliphatic rings. The molecule has 2 spiro atoms. The lowest BCUT2D eigenvalue weighted by atomic mass is 9.72. The number of Topliss-reactive ketones (excluding diaryl/α,β-unsaturated/α-hetero) is 1. The molecule has 0 saturated carbocycles. The minimum Gasteiger partial charge on any atom is -0.392 e. The fraction of sp³-hybridized carbons (Fsp3) is 0.891. The summed E-state index contributed by atoms with van der Waals surface area (Å²) in [5.74, 6) is -4.82. The average molecular weight is 804 g/mol. The Balaban J connectivity index is 1.30. The van der Waals surface area contributed by atoms with E-state index in [-0.39, 0.29) is 71.5 Å². The monoisotopic (exact) mass is 804 g/mol. The van der Waals surface area contributed by atoms with Crippen molar-refractivity contribution in [2.24, 2.45) is 41.4 Å². The lowest BCUT2D eigenvalue weighted by molar-refractivity contribution is -0.378. The number of ketones is 2. The fourth-order valence-electron chi connectivity index (χ4n) is 11.1. The Kier molecular flexibility index (Phi) is 14.7. The Morgan fingerprint density at radius 3 is 2.14 bits per heavy atom. The average Bonchev–Trinajstić information content (AvgIpc) is 3.54. The molecular weight excluding hydrogens is 727 g/mol. The van der Waals surface area contributed by atoms with Crippen LogP contribution in [0.25, 0.3) is 0 Å². The van der Waals surface area contributed by atoms with Gasteiger partial charge in [0, 0.05) is 43.2 Å². The number of hydrogen-bond acceptors (Lipinski definition) is 10. The molecule has 4 saturated heterocycles. The molecule has 2 N–H and O–H groups in total. The van der Waals surface area contributed by atoms with Gasteiger partial charge in [0.05, 0.1) is 53.7 Å². The van der Waals surface area contributed by atoms with Crippen LogP contribution in [-0.4, -0.2) is 105 Å². The van der Waals surface area contributed by atoms with Gasteiger partial charge < -0.3 is 38.8 Å². The summed E-state index contributed by atoms with van der Waals surface area (Å²) in [6, 6.07) is 0. The number of amides is 1. The maximum absolute atomic E-state index is 14.6. The molecule has 0 aromatic carbocycles. The number of hydrogen-bond donors (Lipinski definition) is 2. The molecule has 5 rings (SSSR count). The van der Waals surface area contributed by atoms with Gasteiger partial charge in [-0.05, 0) is 109 Å². The molecular formula is C46H77NO10. The largest absolute Gasteiger partial charge is 0.392 e. The van der Waals surface area contributed by atoms with Crippen molar-refractivity contribution < 1.29 is 48.3 Å². The van der Waals surface area contributed by atoms with Crippen LogP contribution in [0.5, 0.6) is 0 Å². The molecule has 0 bridgehead atoms. The van der Waals surface area contributed by atoms with Crippen molar-refractivity contribution in [1.29, 1.82) is 0 Å². The fourth-order valence-corrected chi connectivity index (χ4v) is 11.1. The number of ether oxygens (including phenoxy) is 5. The molecule has 57 heavy (non-hydrogen) atoms. The van der Waals surface area contributed by atoms with Gasteiger partial charge >= 0.3 is 0 Å². The second-order valence-corrected chi connectivity index (χ2v) is 18.9. The van der Waals surface area contributed by atoms with Crippen LogP contribution in [0.2, 0.25) is 0 Å². The van der Waals surface area contributed by atoms with E-state index in [1.165, 1.54) is 6.08 Å². The second-order valence-electron chi connectivity index (χ2n) is 18.9. The van der Waals surface area contributed by atoms with Crippen LogP contribution in [0.4, 0.5) is 0 Å². The quantitative estimate of drug-likeness (QED) is 0.186. The zero-order chi connectivity index (χ0) is 42.2. The highest BCUT2D eigenvalue weighted by Gasteiger charge is 2.63. The standard InChI is InChI=1S/C46H77NO10/c1-13-33(42(51)47(16-4)17-5)35-19-18-27(6)40(54-35)31(10)38(49)30(9)39(50)34(14-2)41-28(7)26-29(8)45(55-41)23-20-36(48)46(57-45)25-24-43(12,56-46)37-21-22-44(52,15-3)32(11)53-37/h20,23,27-35,37-38,40-41,49,52H,13-19,21-22,24-26H2,1-12H3/t27-,28-,29+,30-,31-,32-,33+,34-,35+,37+,38+,40+,41?,43-,44+,45-,46-/m0/s1. The van der Waals surface area contributed by atoms with Gasteiger partial charge in [0.15, 0.2) is 5.79 Å². The first-order chi connectivity index (χ1) is 26.8. The second kappa shape index (κ2) is 18.1. The van der Waals surface area contributed by atoms with Crippen LogP contribution in [0.15, 0.2) is 12.2 Å². The maximum Gasteiger partial charge on any atom is 0.236 e. The highest BCUT2D eigenvalue weighted by molar-refractivity contribution is 5.97. The van der Waals surface area contributed by atoms with Crippen LogP contribution >= 0.6 is 0 Å². The van der Waals surface area contributed by atoms with Gasteiger partial charge in [-0.3, -0.25) is 14.4 Å². The smallest absolute Gasteiger partial charge is 0.236 e. The third-order valence-corrected chi connectivity index (χ3v) is 15.4. The first-order valence-electron chi connectivity index (χ1n) is 22.6. The van der Waals surface area contributed by atoms with Crippen molar-refractivity contribution in [1.82, 2.24) is 4.90 Å². The van der Waals surface area contributed by atoms with Crippen molar-refractivity contribution in [2.45, 2.75) is 207 Å². The van der Waals surface area contributed by atoms with E-state index < -0.39 is 46.8 Å². The molecule has 11 heteroatoms. The maximum atomic E-state index is 14.6. The van der Waals surface area contributed by atoms with Gasteiger partial charge in [-0.2, -0.15) is 0 Å². The molecule has 5 heterocycles. The highest BCUT2D eigenvalue weighted by Crippen LogP contribution is 2.53. The summed E-state index contributed by atoms with van der Waals surface area (Å²) in [5, 5.41) is 23.0. The van der Waals surface area contributed by atoms with Gasteiger partial charge in [0.25, 0.3) is 0 Å². The summed E-state index contributed by atoms with van der Waals surface area (Å²) < 4.78 is 33.7. The summed E-state index contributed by atoms with van der Waals surface area (Å²) in [7, 11) is 0. The zero-order valence-corrected chi connectivity index (χ0v) is 37.3. The van der Waals surface area contributed by atoms with Crippen molar-refractivity contribution >= 4 is 17.5 Å². The van der Waals surface area contributed by atoms with Crippen molar-refractivity contribution in [3.63, 3.8) is 0 Å². The summed E-state index contributed by atoms with van der Waals surface area (Å²) in [4.78, 5) is 43.7. The summed E-state index contributed by atoms with van der Waals surface area (Å²) >= 11 is 0. The van der Waals surface area contributed by atoms with Gasteiger partial charge in [0.1, 0.15) is 5.78 Å². The molecule has 0 radical (unpaired) electrons. The zero-order valence-electron chi connectivity index (χ0n) is 37.3. The Labute approximate surface area is 343 Å². The lowest BCUT2D eigenvalue weighted by Crippen LogP contribution is -2.62. The number of aliphatic hydroxyl groups excluding tert-OH is 1. The summed E-state index contributed by atoms with van der Waals surface area (Å²) in [5.41, 5.74) is -1.70. The highest BCUT2D eigenvalue weighted by atomic mass is 16.8. The SMILES string of the molecule is CC[C@@H](C(=O)[C@@H](C)[C@@H](O)[C@H](C)[C@@H]1O[C@@H]([C@@H](CC)C(=O)N(CC)CC)CC[C@@H]1C)C1O[C@]2(C=CC(=O)[C@]3(CC[C@@](C)([C@H]4CC[C@](O)(CC)[C@H](C)O4)O3)O2)[C@H](C)C[C@@H]1C. The first kappa shape index (κ1) is 46.3. The van der Waals surface area contributed by atoms with Crippen molar-refractivity contribution in [2.75, 3.05) is 13.1 Å². The molecule has 0 aromatic rings. The lowest BCUT2D eigenvalue weighted by Gasteiger charge is -2.53. The first-order valence-corrected chi connectivity index (χ1v) is 22.6. The normalized spacial score (nSPS) is 42.5. The molecule has 1 unspecified atom stereocenters. The van der Waals surface area contributed by atoms with Gasteiger partial charge in [-0.1, -0.05) is 55.4 Å². The summed E-state index contributed by atoms with van der Waals surface area (Å²) in [6.07, 6.45) is 6.78. The van der Waals surface area contributed by atoms with Crippen LogP contribution in [0.3, 0.4) is 0 Å².